The molecule has 140 valence electrons. The van der Waals surface area contributed by atoms with E-state index in [0.717, 1.165) is 0 Å². The molecule has 0 bridgehead atoms. The predicted octanol–water partition coefficient (Wildman–Crippen LogP) is 2.72. The van der Waals surface area contributed by atoms with E-state index in [1.165, 1.54) is 11.7 Å². The smallest absolute Gasteiger partial charge is 0.279 e. The lowest BCUT2D eigenvalue weighted by atomic mass is 9.70. The summed E-state index contributed by atoms with van der Waals surface area (Å²) in [5, 5.41) is 23.4. The van der Waals surface area contributed by atoms with Crippen LogP contribution < -0.4 is 5.56 Å². The first kappa shape index (κ1) is 18.4. The van der Waals surface area contributed by atoms with Gasteiger partial charge in [-0.1, -0.05) is 24.8 Å². The monoisotopic (exact) mass is 367 g/mol. The Labute approximate surface area is 156 Å². The van der Waals surface area contributed by atoms with Gasteiger partial charge in [0.25, 0.3) is 5.56 Å². The first-order valence-electron chi connectivity index (χ1n) is 8.45. The lowest BCUT2D eigenvalue weighted by Crippen LogP contribution is -2.41. The maximum Gasteiger partial charge on any atom is 0.279 e. The zero-order chi connectivity index (χ0) is 19.9. The molecule has 0 amide bonds. The molecule has 3 rings (SSSR count). The van der Waals surface area contributed by atoms with Crippen LogP contribution in [0.1, 0.15) is 18.2 Å². The molecule has 0 spiro atoms. The van der Waals surface area contributed by atoms with Gasteiger partial charge in [-0.15, -0.1) is 0 Å². The van der Waals surface area contributed by atoms with Crippen LogP contribution in [-0.4, -0.2) is 38.5 Å². The van der Waals surface area contributed by atoms with E-state index in [4.69, 9.17) is 0 Å². The van der Waals surface area contributed by atoms with Crippen molar-refractivity contribution in [3.05, 3.63) is 70.0 Å². The first-order chi connectivity index (χ1) is 12.8. The van der Waals surface area contributed by atoms with Gasteiger partial charge in [-0.3, -0.25) is 19.7 Å². The quantitative estimate of drug-likeness (QED) is 0.558. The molecule has 7 nitrogen and oxygen atoms in total. The number of aliphatic hydroxyl groups is 2. The molecule has 1 aromatic heterocycles. The molecule has 1 aliphatic rings. The largest absolute Gasteiger partial charge is 0.512 e. The van der Waals surface area contributed by atoms with Crippen LogP contribution in [0.4, 0.5) is 0 Å². The van der Waals surface area contributed by atoms with Gasteiger partial charge in [0.1, 0.15) is 5.76 Å². The molecule has 2 unspecified atom stereocenters. The second kappa shape index (κ2) is 6.75. The summed E-state index contributed by atoms with van der Waals surface area (Å²) in [6, 6.07) is 8.94. The van der Waals surface area contributed by atoms with Gasteiger partial charge in [-0.2, -0.15) is 0 Å². The van der Waals surface area contributed by atoms with Gasteiger partial charge < -0.3 is 10.2 Å². The Kier molecular flexibility index (Phi) is 4.61. The molecule has 1 aromatic carbocycles. The number of para-hydroxylation sites is 1. The number of aliphatic hydroxyl groups excluding tert-OH is 2. The van der Waals surface area contributed by atoms with Gasteiger partial charge >= 0.3 is 0 Å². The van der Waals surface area contributed by atoms with E-state index >= 15 is 0 Å². The van der Waals surface area contributed by atoms with Crippen LogP contribution in [0.3, 0.4) is 0 Å². The van der Waals surface area contributed by atoms with Crippen LogP contribution in [0.5, 0.6) is 0 Å². The van der Waals surface area contributed by atoms with E-state index in [2.05, 4.69) is 16.7 Å². The number of hydrogen-bond donors (Lipinski definition) is 3. The van der Waals surface area contributed by atoms with Crippen molar-refractivity contribution in [1.29, 1.82) is 0 Å². The Morgan fingerprint density at radius 2 is 1.93 bits per heavy atom. The summed E-state index contributed by atoms with van der Waals surface area (Å²) in [4.78, 5) is 29.7. The summed E-state index contributed by atoms with van der Waals surface area (Å²) in [7, 11) is 1.53. The minimum atomic E-state index is -0.986. The highest BCUT2D eigenvalue weighted by molar-refractivity contribution is 6.30. The lowest BCUT2D eigenvalue weighted by Gasteiger charge is -2.33. The molecule has 1 aliphatic carbocycles. The molecule has 2 aromatic rings. The average molecular weight is 367 g/mol. The number of carbonyl (C=O) groups excluding carboxylic acids is 1. The zero-order valence-corrected chi connectivity index (χ0v) is 15.4. The van der Waals surface area contributed by atoms with E-state index < -0.39 is 23.2 Å². The van der Waals surface area contributed by atoms with Gasteiger partial charge in [-0.25, -0.2) is 4.68 Å². The van der Waals surface area contributed by atoms with E-state index in [1.807, 2.05) is 6.07 Å². The number of H-pyrrole nitrogens is 1. The van der Waals surface area contributed by atoms with Gasteiger partial charge in [0.05, 0.1) is 34.4 Å². The number of Topliss-reactive ketones (excluding diaryl/α,β-unsaturated/α-hetero) is 1. The number of hydrogen-bond acceptors (Lipinski definition) is 5. The predicted molar refractivity (Wildman–Crippen MR) is 103 cm³/mol. The summed E-state index contributed by atoms with van der Waals surface area (Å²) in [6.45, 7) is 6.80. The minimum absolute atomic E-state index is 0.0245. The maximum atomic E-state index is 12.9. The second-order valence-electron chi connectivity index (χ2n) is 6.52. The van der Waals surface area contributed by atoms with Gasteiger partial charge in [0, 0.05) is 18.5 Å². The van der Waals surface area contributed by atoms with E-state index in [-0.39, 0.29) is 22.7 Å². The number of ketones is 1. The van der Waals surface area contributed by atoms with Crippen LogP contribution in [-0.2, 0) is 4.79 Å². The number of aryl methyl sites for hydroxylation is 1. The molecule has 0 aliphatic heterocycles. The van der Waals surface area contributed by atoms with Crippen LogP contribution in [0.15, 0.2) is 58.2 Å². The van der Waals surface area contributed by atoms with Crippen molar-refractivity contribution in [3.8, 4) is 5.69 Å². The number of aromatic nitrogens is 2. The van der Waals surface area contributed by atoms with Crippen molar-refractivity contribution < 1.29 is 15.0 Å². The molecular weight excluding hydrogens is 346 g/mol. The number of nitrogens with zero attached hydrogens (tertiary/aromatic N) is 2. The molecule has 0 fully saturated rings. The summed E-state index contributed by atoms with van der Waals surface area (Å²) in [6.07, 6.45) is 0. The number of benzene rings is 1. The Balaban J connectivity index is 2.10. The second-order valence-corrected chi connectivity index (χ2v) is 6.52. The normalized spacial score (nSPS) is 18.4. The molecule has 7 heteroatoms. The SMILES string of the molecule is C=C(O)C(C(C)=NC)C1C(=O)C(c2c(C)[nH]n(-c3ccccc3)c2=O)=C1O. The molecule has 0 saturated heterocycles. The summed E-state index contributed by atoms with van der Waals surface area (Å²) >= 11 is 0. The van der Waals surface area contributed by atoms with Crippen LogP contribution in [0, 0.1) is 18.8 Å². The van der Waals surface area contributed by atoms with Gasteiger partial charge in [-0.05, 0) is 26.0 Å². The summed E-state index contributed by atoms with van der Waals surface area (Å²) < 4.78 is 1.33. The fourth-order valence-corrected chi connectivity index (χ4v) is 3.46. The third kappa shape index (κ3) is 2.81. The summed E-state index contributed by atoms with van der Waals surface area (Å²) in [5.74, 6) is -2.71. The molecule has 27 heavy (non-hydrogen) atoms. The third-order valence-corrected chi connectivity index (χ3v) is 4.91. The van der Waals surface area contributed by atoms with Crippen molar-refractivity contribution in [2.24, 2.45) is 16.8 Å². The zero-order valence-electron chi connectivity index (χ0n) is 15.4. The first-order valence-corrected chi connectivity index (χ1v) is 8.45. The molecule has 3 N–H and O–H groups in total. The van der Waals surface area contributed by atoms with Gasteiger partial charge in [0.2, 0.25) is 0 Å². The van der Waals surface area contributed by atoms with Crippen molar-refractivity contribution in [2.75, 3.05) is 7.05 Å². The lowest BCUT2D eigenvalue weighted by molar-refractivity contribution is -0.120. The standard InChI is InChI=1S/C20H21N3O4/c1-10(21-4)14(12(3)24)16-18(25)17(19(16)26)15-11(2)22-23(20(15)27)13-8-6-5-7-9-13/h5-9,14,16,22,24-25H,3H2,1-2,4H3. The highest BCUT2D eigenvalue weighted by Gasteiger charge is 2.48. The number of allylic oxidation sites excluding steroid dienone is 3. The highest BCUT2D eigenvalue weighted by atomic mass is 16.3. The Morgan fingerprint density at radius 3 is 2.44 bits per heavy atom. The van der Waals surface area contributed by atoms with Crippen molar-refractivity contribution in [3.63, 3.8) is 0 Å². The Morgan fingerprint density at radius 1 is 1.30 bits per heavy atom. The Bertz CT molecular complexity index is 1040. The molecular formula is C20H21N3O4. The maximum absolute atomic E-state index is 12.9. The fourth-order valence-electron chi connectivity index (χ4n) is 3.46. The number of rotatable bonds is 5. The van der Waals surface area contributed by atoms with Crippen LogP contribution >= 0.6 is 0 Å². The van der Waals surface area contributed by atoms with Crippen LogP contribution in [0.25, 0.3) is 11.3 Å². The van der Waals surface area contributed by atoms with Crippen molar-refractivity contribution >= 4 is 17.1 Å². The number of aliphatic imine (C=N–C) groups is 1. The van der Waals surface area contributed by atoms with Crippen molar-refractivity contribution in [1.82, 2.24) is 9.78 Å². The van der Waals surface area contributed by atoms with Gasteiger partial charge in [0.15, 0.2) is 5.78 Å². The Hall–Kier alpha value is -3.35. The molecule has 1 heterocycles. The average Bonchev–Trinajstić information content (AvgIpc) is 2.94. The van der Waals surface area contributed by atoms with E-state index in [9.17, 15) is 19.8 Å². The van der Waals surface area contributed by atoms with Crippen LogP contribution in [0.2, 0.25) is 0 Å². The molecule has 2 atom stereocenters. The number of nitrogens with one attached hydrogen (secondary N) is 1. The highest BCUT2D eigenvalue weighted by Crippen LogP contribution is 2.42. The molecule has 0 radical (unpaired) electrons. The fraction of sp³-hybridized carbons (Fsp3) is 0.250. The topological polar surface area (TPSA) is 108 Å². The van der Waals surface area contributed by atoms with E-state index in [1.54, 1.807) is 38.1 Å². The summed E-state index contributed by atoms with van der Waals surface area (Å²) in [5.41, 5.74) is 1.24. The molecule has 0 saturated carbocycles. The van der Waals surface area contributed by atoms with Crippen molar-refractivity contribution in [2.45, 2.75) is 13.8 Å². The van der Waals surface area contributed by atoms with E-state index in [0.29, 0.717) is 17.1 Å². The minimum Gasteiger partial charge on any atom is -0.512 e. The number of carbonyl (C=O) groups is 1. The number of aromatic amines is 1. The third-order valence-electron chi connectivity index (χ3n) is 4.91.